The molecule has 0 radical (unpaired) electrons. The van der Waals surface area contributed by atoms with E-state index in [1.807, 2.05) is 4.57 Å². The Balaban J connectivity index is 1.86. The number of rotatable bonds is 4. The second-order valence-corrected chi connectivity index (χ2v) is 4.96. The van der Waals surface area contributed by atoms with E-state index < -0.39 is 11.8 Å². The van der Waals surface area contributed by atoms with Crippen molar-refractivity contribution in [2.45, 2.75) is 32.4 Å². The van der Waals surface area contributed by atoms with Crippen molar-refractivity contribution in [3.05, 3.63) is 47.3 Å². The summed E-state index contributed by atoms with van der Waals surface area (Å²) in [7, 11) is 0. The molecule has 1 aliphatic heterocycles. The minimum Gasteiger partial charge on any atom is -0.483 e. The molecule has 0 unspecified atom stereocenters. The third kappa shape index (κ3) is 2.61. The van der Waals surface area contributed by atoms with E-state index >= 15 is 0 Å². The lowest BCUT2D eigenvalue weighted by Crippen LogP contribution is -2.15. The Bertz CT molecular complexity index is 682. The number of carboxylic acids is 1. The largest absolute Gasteiger partial charge is 0.483 e. The lowest BCUT2D eigenvalue weighted by molar-refractivity contribution is 0.0689. The number of carboxylic acid groups (broad SMARTS) is 1. The molecule has 0 spiro atoms. The molecule has 110 valence electrons. The first kappa shape index (κ1) is 13.6. The Morgan fingerprint density at radius 2 is 2.19 bits per heavy atom. The third-order valence-electron chi connectivity index (χ3n) is 3.59. The summed E-state index contributed by atoms with van der Waals surface area (Å²) < 4.78 is 20.8. The van der Waals surface area contributed by atoms with Gasteiger partial charge in [-0.3, -0.25) is 0 Å². The quantitative estimate of drug-likeness (QED) is 0.940. The number of imidazole rings is 1. The summed E-state index contributed by atoms with van der Waals surface area (Å²) in [4.78, 5) is 15.4. The Hall–Kier alpha value is -2.37. The summed E-state index contributed by atoms with van der Waals surface area (Å²) >= 11 is 0. The summed E-state index contributed by atoms with van der Waals surface area (Å²) in [5.74, 6) is -0.799. The van der Waals surface area contributed by atoms with Gasteiger partial charge in [0.15, 0.2) is 17.3 Å². The first-order valence-electron chi connectivity index (χ1n) is 6.85. The van der Waals surface area contributed by atoms with Gasteiger partial charge >= 0.3 is 5.97 Å². The standard InChI is InChI=1S/C15H15FN2O3/c16-10-5-1-2-7-12(10)21-9-13-17-14(15(19)20)11-6-3-4-8-18(11)13/h1-2,5,7H,3-4,6,8-9H2,(H,19,20). The van der Waals surface area contributed by atoms with Gasteiger partial charge in [0.1, 0.15) is 12.4 Å². The number of carbonyl (C=O) groups is 1. The van der Waals surface area contributed by atoms with Crippen molar-refractivity contribution in [2.75, 3.05) is 0 Å². The van der Waals surface area contributed by atoms with E-state index in [1.165, 1.54) is 12.1 Å². The molecule has 3 rings (SSSR count). The van der Waals surface area contributed by atoms with Crippen LogP contribution in [0.1, 0.15) is 34.8 Å². The Morgan fingerprint density at radius 3 is 2.95 bits per heavy atom. The molecule has 2 heterocycles. The maximum Gasteiger partial charge on any atom is 0.356 e. The highest BCUT2D eigenvalue weighted by atomic mass is 19.1. The maximum absolute atomic E-state index is 13.5. The van der Waals surface area contributed by atoms with Gasteiger partial charge in [-0.2, -0.15) is 0 Å². The molecule has 1 N–H and O–H groups in total. The molecule has 1 aromatic heterocycles. The first-order valence-corrected chi connectivity index (χ1v) is 6.85. The second kappa shape index (κ2) is 5.55. The van der Waals surface area contributed by atoms with Gasteiger partial charge in [-0.05, 0) is 31.4 Å². The van der Waals surface area contributed by atoms with Crippen molar-refractivity contribution in [3.63, 3.8) is 0 Å². The van der Waals surface area contributed by atoms with Crippen molar-refractivity contribution >= 4 is 5.97 Å². The van der Waals surface area contributed by atoms with Crippen LogP contribution in [0.4, 0.5) is 4.39 Å². The van der Waals surface area contributed by atoms with Crippen molar-refractivity contribution in [2.24, 2.45) is 0 Å². The number of ether oxygens (including phenoxy) is 1. The predicted molar refractivity (Wildman–Crippen MR) is 72.9 cm³/mol. The summed E-state index contributed by atoms with van der Waals surface area (Å²) in [5, 5.41) is 9.21. The van der Waals surface area contributed by atoms with Gasteiger partial charge in [0.25, 0.3) is 0 Å². The van der Waals surface area contributed by atoms with Crippen LogP contribution < -0.4 is 4.74 Å². The molecular weight excluding hydrogens is 275 g/mol. The van der Waals surface area contributed by atoms with Gasteiger partial charge in [-0.1, -0.05) is 12.1 Å². The Morgan fingerprint density at radius 1 is 1.38 bits per heavy atom. The molecule has 21 heavy (non-hydrogen) atoms. The molecule has 0 bridgehead atoms. The van der Waals surface area contributed by atoms with E-state index in [9.17, 15) is 14.3 Å². The van der Waals surface area contributed by atoms with Crippen LogP contribution in [0.2, 0.25) is 0 Å². The lowest BCUT2D eigenvalue weighted by Gasteiger charge is -2.17. The zero-order valence-electron chi connectivity index (χ0n) is 11.4. The summed E-state index contributed by atoms with van der Waals surface area (Å²) in [6.07, 6.45) is 2.64. The summed E-state index contributed by atoms with van der Waals surface area (Å²) in [5.41, 5.74) is 0.822. The van der Waals surface area contributed by atoms with Crippen LogP contribution in [-0.2, 0) is 19.6 Å². The molecule has 6 heteroatoms. The predicted octanol–water partition coefficient (Wildman–Crippen LogP) is 2.64. The minimum absolute atomic E-state index is 0.0568. The summed E-state index contributed by atoms with van der Waals surface area (Å²) in [6, 6.07) is 6.12. The van der Waals surface area contributed by atoms with E-state index in [0.29, 0.717) is 12.2 Å². The molecule has 0 saturated carbocycles. The molecule has 1 aromatic carbocycles. The number of halogens is 1. The Labute approximate surface area is 121 Å². The zero-order valence-corrected chi connectivity index (χ0v) is 11.4. The highest BCUT2D eigenvalue weighted by molar-refractivity contribution is 5.86. The Kier molecular flexibility index (Phi) is 3.60. The van der Waals surface area contributed by atoms with Crippen LogP contribution in [-0.4, -0.2) is 20.6 Å². The van der Waals surface area contributed by atoms with Gasteiger partial charge in [0.2, 0.25) is 0 Å². The molecule has 1 aliphatic rings. The van der Waals surface area contributed by atoms with Crippen LogP contribution in [0, 0.1) is 5.82 Å². The van der Waals surface area contributed by atoms with E-state index in [2.05, 4.69) is 4.98 Å². The van der Waals surface area contributed by atoms with Crippen LogP contribution in [0.5, 0.6) is 5.75 Å². The van der Waals surface area contributed by atoms with Crippen molar-refractivity contribution in [1.29, 1.82) is 0 Å². The third-order valence-corrected chi connectivity index (χ3v) is 3.59. The number of fused-ring (bicyclic) bond motifs is 1. The maximum atomic E-state index is 13.5. The zero-order chi connectivity index (χ0) is 14.8. The average molecular weight is 290 g/mol. The van der Waals surface area contributed by atoms with Crippen LogP contribution in [0.15, 0.2) is 24.3 Å². The number of hydrogen-bond acceptors (Lipinski definition) is 3. The number of aromatic nitrogens is 2. The molecule has 0 amide bonds. The molecule has 0 fully saturated rings. The fraction of sp³-hybridized carbons (Fsp3) is 0.333. The SMILES string of the molecule is O=C(O)c1nc(COc2ccccc2F)n2c1CCCC2. The molecular formula is C15H15FN2O3. The highest BCUT2D eigenvalue weighted by Gasteiger charge is 2.24. The number of nitrogens with zero attached hydrogens (tertiary/aromatic N) is 2. The molecule has 2 aromatic rings. The highest BCUT2D eigenvalue weighted by Crippen LogP contribution is 2.23. The molecule has 0 atom stereocenters. The molecule has 5 nitrogen and oxygen atoms in total. The number of para-hydroxylation sites is 1. The van der Waals surface area contributed by atoms with E-state index in [0.717, 1.165) is 25.1 Å². The van der Waals surface area contributed by atoms with Crippen LogP contribution in [0.3, 0.4) is 0 Å². The van der Waals surface area contributed by atoms with Crippen LogP contribution in [0.25, 0.3) is 0 Å². The van der Waals surface area contributed by atoms with Crippen molar-refractivity contribution < 1.29 is 19.0 Å². The fourth-order valence-corrected chi connectivity index (χ4v) is 2.60. The monoisotopic (exact) mass is 290 g/mol. The van der Waals surface area contributed by atoms with E-state index in [1.54, 1.807) is 12.1 Å². The van der Waals surface area contributed by atoms with Gasteiger partial charge in [0, 0.05) is 6.54 Å². The topological polar surface area (TPSA) is 64.3 Å². The van der Waals surface area contributed by atoms with Crippen molar-refractivity contribution in [1.82, 2.24) is 9.55 Å². The molecule has 0 aliphatic carbocycles. The summed E-state index contributed by atoms with van der Waals surface area (Å²) in [6.45, 7) is 0.785. The van der Waals surface area contributed by atoms with Gasteiger partial charge in [-0.15, -0.1) is 0 Å². The van der Waals surface area contributed by atoms with Gasteiger partial charge in [-0.25, -0.2) is 14.2 Å². The van der Waals surface area contributed by atoms with E-state index in [-0.39, 0.29) is 18.1 Å². The normalized spacial score (nSPS) is 13.8. The van der Waals surface area contributed by atoms with Gasteiger partial charge in [0.05, 0.1) is 5.69 Å². The first-order chi connectivity index (χ1) is 10.2. The number of benzene rings is 1. The smallest absolute Gasteiger partial charge is 0.356 e. The molecule has 0 saturated heterocycles. The van der Waals surface area contributed by atoms with Crippen LogP contribution >= 0.6 is 0 Å². The fourth-order valence-electron chi connectivity index (χ4n) is 2.60. The number of aromatic carboxylic acids is 1. The lowest BCUT2D eigenvalue weighted by atomic mass is 10.1. The minimum atomic E-state index is -1.03. The number of hydrogen-bond donors (Lipinski definition) is 1. The van der Waals surface area contributed by atoms with E-state index in [4.69, 9.17) is 4.74 Å². The van der Waals surface area contributed by atoms with Crippen molar-refractivity contribution in [3.8, 4) is 5.75 Å². The van der Waals surface area contributed by atoms with Gasteiger partial charge < -0.3 is 14.4 Å². The second-order valence-electron chi connectivity index (χ2n) is 4.96. The average Bonchev–Trinajstić information content (AvgIpc) is 2.86.